The summed E-state index contributed by atoms with van der Waals surface area (Å²) in [5.74, 6) is 1.96. The number of hydrogen-bond acceptors (Lipinski definition) is 4. The SMILES string of the molecule is Cc1nn(CCCC(=O)N[C@@H]2CCC[C@@H](C)[C@@H]2C)c(=O)c2nccn12. The maximum atomic E-state index is 12.3. The molecule has 0 bridgehead atoms. The van der Waals surface area contributed by atoms with Crippen LogP contribution in [0.25, 0.3) is 5.65 Å². The second-order valence-corrected chi connectivity index (χ2v) is 7.24. The molecule has 136 valence electrons. The topological polar surface area (TPSA) is 81.3 Å². The number of fused-ring (bicyclic) bond motifs is 1. The molecule has 0 unspecified atom stereocenters. The summed E-state index contributed by atoms with van der Waals surface area (Å²) in [6.45, 7) is 6.74. The summed E-state index contributed by atoms with van der Waals surface area (Å²) in [7, 11) is 0. The number of amides is 1. The van der Waals surface area contributed by atoms with Gasteiger partial charge in [-0.1, -0.05) is 26.7 Å². The first-order chi connectivity index (χ1) is 12.0. The minimum absolute atomic E-state index is 0.0672. The third-order valence-corrected chi connectivity index (χ3v) is 5.51. The van der Waals surface area contributed by atoms with Crippen LogP contribution in [0.5, 0.6) is 0 Å². The molecule has 1 saturated carbocycles. The van der Waals surface area contributed by atoms with Crippen LogP contribution in [0.15, 0.2) is 17.2 Å². The first kappa shape index (κ1) is 17.6. The Bertz CT molecular complexity index is 809. The summed E-state index contributed by atoms with van der Waals surface area (Å²) >= 11 is 0. The van der Waals surface area contributed by atoms with Crippen molar-refractivity contribution in [2.45, 2.75) is 65.5 Å². The zero-order valence-corrected chi connectivity index (χ0v) is 15.2. The normalized spacial score (nSPS) is 23.7. The first-order valence-electron chi connectivity index (χ1n) is 9.17. The van der Waals surface area contributed by atoms with E-state index in [2.05, 4.69) is 29.2 Å². The van der Waals surface area contributed by atoms with Gasteiger partial charge in [-0.3, -0.25) is 14.0 Å². The van der Waals surface area contributed by atoms with Crippen molar-refractivity contribution >= 4 is 11.6 Å². The van der Waals surface area contributed by atoms with Gasteiger partial charge in [-0.2, -0.15) is 5.10 Å². The third-order valence-electron chi connectivity index (χ3n) is 5.51. The number of rotatable bonds is 5. The fourth-order valence-electron chi connectivity index (χ4n) is 3.71. The molecule has 2 aromatic heterocycles. The summed E-state index contributed by atoms with van der Waals surface area (Å²) in [4.78, 5) is 28.7. The van der Waals surface area contributed by atoms with Gasteiger partial charge < -0.3 is 5.32 Å². The fraction of sp³-hybridized carbons (Fsp3) is 0.667. The predicted octanol–water partition coefficient (Wildman–Crippen LogP) is 1.92. The molecule has 1 aliphatic carbocycles. The van der Waals surface area contributed by atoms with E-state index in [9.17, 15) is 9.59 Å². The van der Waals surface area contributed by atoms with E-state index in [0.29, 0.717) is 42.7 Å². The molecule has 25 heavy (non-hydrogen) atoms. The van der Waals surface area contributed by atoms with E-state index < -0.39 is 0 Å². The lowest BCUT2D eigenvalue weighted by molar-refractivity contribution is -0.122. The number of nitrogens with zero attached hydrogens (tertiary/aromatic N) is 4. The maximum absolute atomic E-state index is 12.3. The van der Waals surface area contributed by atoms with Crippen LogP contribution < -0.4 is 10.9 Å². The zero-order chi connectivity index (χ0) is 18.0. The number of carbonyl (C=O) groups excluding carboxylic acids is 1. The van der Waals surface area contributed by atoms with Gasteiger partial charge in [0, 0.05) is 31.4 Å². The summed E-state index contributed by atoms with van der Waals surface area (Å²) in [5, 5.41) is 7.48. The number of carbonyl (C=O) groups is 1. The largest absolute Gasteiger partial charge is 0.353 e. The lowest BCUT2D eigenvalue weighted by Gasteiger charge is -2.34. The molecule has 1 aliphatic rings. The van der Waals surface area contributed by atoms with E-state index in [1.165, 1.54) is 17.5 Å². The molecule has 7 heteroatoms. The van der Waals surface area contributed by atoms with Gasteiger partial charge in [0.25, 0.3) is 0 Å². The van der Waals surface area contributed by atoms with E-state index in [0.717, 1.165) is 6.42 Å². The first-order valence-corrected chi connectivity index (χ1v) is 9.17. The number of aromatic nitrogens is 4. The van der Waals surface area contributed by atoms with Crippen molar-refractivity contribution in [2.75, 3.05) is 0 Å². The minimum Gasteiger partial charge on any atom is -0.353 e. The molecule has 0 radical (unpaired) electrons. The van der Waals surface area contributed by atoms with Crippen LogP contribution in [0.3, 0.4) is 0 Å². The lowest BCUT2D eigenvalue weighted by atomic mass is 9.78. The van der Waals surface area contributed by atoms with Gasteiger partial charge in [0.05, 0.1) is 0 Å². The molecular weight excluding hydrogens is 318 g/mol. The quantitative estimate of drug-likeness (QED) is 0.898. The number of nitrogens with one attached hydrogen (secondary N) is 1. The molecule has 0 spiro atoms. The minimum atomic E-state index is -0.217. The Morgan fingerprint density at radius 3 is 2.96 bits per heavy atom. The van der Waals surface area contributed by atoms with Gasteiger partial charge in [-0.25, -0.2) is 9.67 Å². The lowest BCUT2D eigenvalue weighted by Crippen LogP contribution is -2.43. The monoisotopic (exact) mass is 345 g/mol. The second-order valence-electron chi connectivity index (χ2n) is 7.24. The predicted molar refractivity (Wildman–Crippen MR) is 95.3 cm³/mol. The van der Waals surface area contributed by atoms with Crippen molar-refractivity contribution in [3.05, 3.63) is 28.6 Å². The molecule has 0 aromatic carbocycles. The number of hydrogen-bond donors (Lipinski definition) is 1. The highest BCUT2D eigenvalue weighted by molar-refractivity contribution is 5.76. The zero-order valence-electron chi connectivity index (χ0n) is 15.2. The molecule has 1 amide bonds. The molecule has 0 saturated heterocycles. The van der Waals surface area contributed by atoms with Crippen molar-refractivity contribution in [1.82, 2.24) is 24.5 Å². The van der Waals surface area contributed by atoms with Gasteiger partial charge in [0.2, 0.25) is 11.6 Å². The van der Waals surface area contributed by atoms with Crippen molar-refractivity contribution in [3.8, 4) is 0 Å². The average Bonchev–Trinajstić information content (AvgIpc) is 3.07. The third kappa shape index (κ3) is 3.75. The van der Waals surface area contributed by atoms with Gasteiger partial charge >= 0.3 is 5.56 Å². The Labute approximate surface area is 147 Å². The second kappa shape index (κ2) is 7.37. The Morgan fingerprint density at radius 1 is 1.36 bits per heavy atom. The van der Waals surface area contributed by atoms with Crippen LogP contribution in [-0.4, -0.2) is 31.1 Å². The van der Waals surface area contributed by atoms with E-state index in [-0.39, 0.29) is 17.5 Å². The Kier molecular flexibility index (Phi) is 5.20. The molecule has 1 fully saturated rings. The van der Waals surface area contributed by atoms with Crippen LogP contribution >= 0.6 is 0 Å². The van der Waals surface area contributed by atoms with Gasteiger partial charge in [0.1, 0.15) is 5.82 Å². The maximum Gasteiger partial charge on any atom is 0.310 e. The van der Waals surface area contributed by atoms with E-state index in [1.54, 1.807) is 16.8 Å². The highest BCUT2D eigenvalue weighted by Crippen LogP contribution is 2.29. The number of aryl methyl sites for hydroxylation is 2. The van der Waals surface area contributed by atoms with Gasteiger partial charge in [-0.15, -0.1) is 0 Å². The fourth-order valence-corrected chi connectivity index (χ4v) is 3.71. The Balaban J connectivity index is 1.55. The van der Waals surface area contributed by atoms with Crippen LogP contribution in [0.1, 0.15) is 51.8 Å². The highest BCUT2D eigenvalue weighted by atomic mass is 16.1. The van der Waals surface area contributed by atoms with Crippen LogP contribution in [-0.2, 0) is 11.3 Å². The van der Waals surface area contributed by atoms with Crippen molar-refractivity contribution < 1.29 is 4.79 Å². The molecule has 3 atom stereocenters. The van der Waals surface area contributed by atoms with E-state index >= 15 is 0 Å². The molecule has 3 rings (SSSR count). The summed E-state index contributed by atoms with van der Waals surface area (Å²) in [5.41, 5.74) is 0.160. The summed E-state index contributed by atoms with van der Waals surface area (Å²) in [6.07, 6.45) is 7.81. The van der Waals surface area contributed by atoms with Crippen LogP contribution in [0, 0.1) is 18.8 Å². The average molecular weight is 345 g/mol. The van der Waals surface area contributed by atoms with Gasteiger partial charge in [-0.05, 0) is 31.6 Å². The molecule has 0 aliphatic heterocycles. The van der Waals surface area contributed by atoms with Gasteiger partial charge in [0.15, 0.2) is 0 Å². The van der Waals surface area contributed by atoms with Crippen LogP contribution in [0.2, 0.25) is 0 Å². The molecule has 2 heterocycles. The Hall–Kier alpha value is -2.18. The van der Waals surface area contributed by atoms with Crippen molar-refractivity contribution in [2.24, 2.45) is 11.8 Å². The standard InChI is InChI=1S/C18H27N5O2/c1-12-6-4-7-15(13(12)2)20-16(24)8-5-10-23-18(25)17-19-9-11-22(17)14(3)21-23/h9,11-13,15H,4-8,10H2,1-3H3,(H,20,24)/t12-,13+,15-/m1/s1. The summed E-state index contributed by atoms with van der Waals surface area (Å²) < 4.78 is 3.09. The molecule has 1 N–H and O–H groups in total. The summed E-state index contributed by atoms with van der Waals surface area (Å²) in [6, 6.07) is 0.278. The molecule has 7 nitrogen and oxygen atoms in total. The highest BCUT2D eigenvalue weighted by Gasteiger charge is 2.27. The van der Waals surface area contributed by atoms with Crippen molar-refractivity contribution in [1.29, 1.82) is 0 Å². The Morgan fingerprint density at radius 2 is 2.16 bits per heavy atom. The molecule has 2 aromatic rings. The van der Waals surface area contributed by atoms with E-state index in [1.807, 2.05) is 6.92 Å². The van der Waals surface area contributed by atoms with Crippen LogP contribution in [0.4, 0.5) is 0 Å². The molecular formula is C18H27N5O2. The van der Waals surface area contributed by atoms with Crippen molar-refractivity contribution in [3.63, 3.8) is 0 Å². The number of imidazole rings is 1. The van der Waals surface area contributed by atoms with E-state index in [4.69, 9.17) is 0 Å². The smallest absolute Gasteiger partial charge is 0.310 e.